The topological polar surface area (TPSA) is 249 Å². The van der Waals surface area contributed by atoms with Crippen LogP contribution in [0.3, 0.4) is 0 Å². The van der Waals surface area contributed by atoms with E-state index in [0.29, 0.717) is 5.56 Å². The van der Waals surface area contributed by atoms with Gasteiger partial charge in [-0.15, -0.1) is 0 Å². The number of carbonyl (C=O) groups is 6. The van der Waals surface area contributed by atoms with Crippen molar-refractivity contribution in [3.05, 3.63) is 65.7 Å². The molecule has 5 atom stereocenters. The van der Waals surface area contributed by atoms with Crippen molar-refractivity contribution in [3.8, 4) is 0 Å². The van der Waals surface area contributed by atoms with Gasteiger partial charge in [0, 0.05) is 12.2 Å². The summed E-state index contributed by atoms with van der Waals surface area (Å²) in [5.41, 5.74) is 6.50. The number of anilines is 1. The van der Waals surface area contributed by atoms with E-state index in [9.17, 15) is 39.0 Å². The molecule has 0 saturated carbocycles. The fourth-order valence-corrected chi connectivity index (χ4v) is 4.57. The molecule has 2 aromatic carbocycles. The van der Waals surface area contributed by atoms with E-state index in [1.165, 1.54) is 24.3 Å². The van der Waals surface area contributed by atoms with Crippen LogP contribution in [-0.2, 0) is 25.6 Å². The van der Waals surface area contributed by atoms with Gasteiger partial charge in [-0.2, -0.15) is 0 Å². The normalized spacial score (nSPS) is 14.2. The Bertz CT molecular complexity index is 1400. The predicted octanol–water partition coefficient (Wildman–Crippen LogP) is 0.678. The zero-order valence-corrected chi connectivity index (χ0v) is 26.7. The van der Waals surface area contributed by atoms with Gasteiger partial charge in [0.25, 0.3) is 5.91 Å². The lowest BCUT2D eigenvalue weighted by Gasteiger charge is -2.29. The molecular weight excluding hydrogens is 612 g/mol. The average molecular weight is 657 g/mol. The lowest BCUT2D eigenvalue weighted by Crippen LogP contribution is -2.60. The molecule has 0 fully saturated rings. The number of nitrogens with one attached hydrogen (secondary N) is 5. The lowest BCUT2D eigenvalue weighted by molar-refractivity contribution is -0.134. The fraction of sp³-hybridized carbons (Fsp3) is 0.438. The zero-order chi connectivity index (χ0) is 35.3. The quantitative estimate of drug-likeness (QED) is 0.115. The van der Waals surface area contributed by atoms with E-state index < -0.39 is 71.9 Å². The number of benzene rings is 2. The van der Waals surface area contributed by atoms with Crippen LogP contribution in [0.1, 0.15) is 50.0 Å². The Labute approximate surface area is 272 Å². The van der Waals surface area contributed by atoms with Crippen molar-refractivity contribution in [2.24, 2.45) is 17.6 Å². The predicted molar refractivity (Wildman–Crippen MR) is 172 cm³/mol. The number of rotatable bonds is 17. The van der Waals surface area contributed by atoms with Crippen molar-refractivity contribution < 1.29 is 44.1 Å². The monoisotopic (exact) mass is 656 g/mol. The van der Waals surface area contributed by atoms with Crippen molar-refractivity contribution in [2.45, 2.75) is 70.8 Å². The summed E-state index contributed by atoms with van der Waals surface area (Å²) in [6.45, 7) is 6.62. The van der Waals surface area contributed by atoms with Gasteiger partial charge in [0.15, 0.2) is 6.10 Å². The van der Waals surface area contributed by atoms with Gasteiger partial charge in [-0.05, 0) is 48.4 Å². The highest BCUT2D eigenvalue weighted by atomic mass is 16.4. The van der Waals surface area contributed by atoms with Crippen molar-refractivity contribution in [1.29, 1.82) is 0 Å². The Balaban J connectivity index is 2.27. The largest absolute Gasteiger partial charge is 0.478 e. The number of hydrogen-bond acceptors (Lipinski definition) is 8. The van der Waals surface area contributed by atoms with Crippen LogP contribution in [0.4, 0.5) is 10.5 Å². The van der Waals surface area contributed by atoms with Gasteiger partial charge >= 0.3 is 12.1 Å². The van der Waals surface area contributed by atoms with Crippen molar-refractivity contribution in [2.75, 3.05) is 11.9 Å². The Kier molecular flexibility index (Phi) is 14.8. The molecule has 15 nitrogen and oxygen atoms in total. The molecule has 2 aromatic rings. The molecule has 0 aliphatic carbocycles. The highest BCUT2D eigenvalue weighted by Crippen LogP contribution is 2.15. The van der Waals surface area contributed by atoms with Crippen LogP contribution >= 0.6 is 0 Å². The number of aromatic carboxylic acids is 1. The summed E-state index contributed by atoms with van der Waals surface area (Å²) in [5.74, 6) is -4.79. The Morgan fingerprint density at radius 1 is 0.787 bits per heavy atom. The molecule has 0 unspecified atom stereocenters. The number of aliphatic hydroxyl groups is 1. The molecule has 0 saturated heterocycles. The fourth-order valence-electron chi connectivity index (χ4n) is 4.57. The molecule has 0 aliphatic heterocycles. The molecule has 0 aromatic heterocycles. The number of amides is 5. The molecule has 10 N–H and O–H groups in total. The molecule has 256 valence electrons. The van der Waals surface area contributed by atoms with Crippen LogP contribution in [-0.4, -0.2) is 87.8 Å². The third-order valence-electron chi connectivity index (χ3n) is 7.05. The van der Waals surface area contributed by atoms with E-state index in [4.69, 9.17) is 10.8 Å². The molecule has 0 aliphatic rings. The van der Waals surface area contributed by atoms with Crippen molar-refractivity contribution in [1.82, 2.24) is 21.3 Å². The van der Waals surface area contributed by atoms with Gasteiger partial charge in [0.1, 0.15) is 18.1 Å². The number of nitrogens with two attached hydrogens (primary N) is 1. The molecule has 0 radical (unpaired) electrons. The molecule has 0 heterocycles. The van der Waals surface area contributed by atoms with Gasteiger partial charge in [-0.25, -0.2) is 9.59 Å². The number of carboxylic acids is 1. The maximum atomic E-state index is 13.7. The summed E-state index contributed by atoms with van der Waals surface area (Å²) < 4.78 is 0. The summed E-state index contributed by atoms with van der Waals surface area (Å²) >= 11 is 0. The van der Waals surface area contributed by atoms with E-state index in [1.807, 2.05) is 19.2 Å². The summed E-state index contributed by atoms with van der Waals surface area (Å²) in [4.78, 5) is 74.9. The standard InChI is InChI=1S/C32H44N6O9/c1-17(2)13-24(37-29(42)25(18(3)4)38-27(40)22(33)16-34-32(46)47)28(41)36-23(14-19-9-6-5-7-10-19)26(39)30(43)35-21-12-8-11-20(15-21)31(44)45/h5-12,15,17-18,22-26,34,39H,13-14,16,33H2,1-4H3,(H,35,43)(H,36,41)(H,37,42)(H,38,40)(H,44,45)(H,46,47)/t22-,23-,24-,25-,26+/m0/s1. The molecular formula is C32H44N6O9. The third kappa shape index (κ3) is 12.7. The number of aliphatic hydroxyl groups excluding tert-OH is 1. The average Bonchev–Trinajstić information content (AvgIpc) is 3.01. The van der Waals surface area contributed by atoms with Crippen molar-refractivity contribution >= 4 is 41.4 Å². The van der Waals surface area contributed by atoms with E-state index in [2.05, 4.69) is 21.3 Å². The molecule has 47 heavy (non-hydrogen) atoms. The molecule has 0 spiro atoms. The van der Waals surface area contributed by atoms with E-state index in [1.54, 1.807) is 44.2 Å². The van der Waals surface area contributed by atoms with Gasteiger partial charge in [-0.1, -0.05) is 64.1 Å². The summed E-state index contributed by atoms with van der Waals surface area (Å²) in [5, 5.41) is 41.5. The first kappa shape index (κ1) is 38.2. The zero-order valence-electron chi connectivity index (χ0n) is 26.7. The van der Waals surface area contributed by atoms with Gasteiger partial charge < -0.3 is 47.6 Å². The van der Waals surface area contributed by atoms with Crippen LogP contribution in [0.15, 0.2) is 54.6 Å². The first-order chi connectivity index (χ1) is 22.1. The minimum Gasteiger partial charge on any atom is -0.478 e. The van der Waals surface area contributed by atoms with Crippen LogP contribution in [0.5, 0.6) is 0 Å². The van der Waals surface area contributed by atoms with Crippen LogP contribution in [0.25, 0.3) is 0 Å². The van der Waals surface area contributed by atoms with Crippen LogP contribution < -0.4 is 32.3 Å². The highest BCUT2D eigenvalue weighted by Gasteiger charge is 2.34. The van der Waals surface area contributed by atoms with Gasteiger partial charge in [0.2, 0.25) is 17.7 Å². The first-order valence-corrected chi connectivity index (χ1v) is 15.1. The number of carbonyl (C=O) groups excluding carboxylic acids is 4. The van der Waals surface area contributed by atoms with E-state index in [-0.39, 0.29) is 36.6 Å². The first-order valence-electron chi connectivity index (χ1n) is 15.1. The lowest BCUT2D eigenvalue weighted by atomic mass is 9.97. The van der Waals surface area contributed by atoms with E-state index >= 15 is 0 Å². The summed E-state index contributed by atoms with van der Waals surface area (Å²) in [6.07, 6.45) is -2.95. The third-order valence-corrected chi connectivity index (χ3v) is 7.05. The second kappa shape index (κ2) is 18.2. The SMILES string of the molecule is CC(C)C[C@H](NC(=O)[C@@H](NC(=O)[C@@H](N)CNC(=O)O)C(C)C)C(=O)N[C@@H](Cc1ccccc1)[C@@H](O)C(=O)Nc1cccc(C(=O)O)c1. The van der Waals surface area contributed by atoms with Crippen LogP contribution in [0.2, 0.25) is 0 Å². The minimum atomic E-state index is -1.79. The smallest absolute Gasteiger partial charge is 0.404 e. The summed E-state index contributed by atoms with van der Waals surface area (Å²) in [6, 6.07) is 9.55. The van der Waals surface area contributed by atoms with Gasteiger partial charge in [-0.3, -0.25) is 19.2 Å². The minimum absolute atomic E-state index is 0.0334. The summed E-state index contributed by atoms with van der Waals surface area (Å²) in [7, 11) is 0. The van der Waals surface area contributed by atoms with Gasteiger partial charge in [0.05, 0.1) is 11.6 Å². The molecule has 15 heteroatoms. The molecule has 2 rings (SSSR count). The van der Waals surface area contributed by atoms with E-state index in [0.717, 1.165) is 0 Å². The second-order valence-electron chi connectivity index (χ2n) is 11.8. The number of carboxylic acid groups (broad SMARTS) is 2. The second-order valence-corrected chi connectivity index (χ2v) is 11.8. The Morgan fingerprint density at radius 3 is 2.02 bits per heavy atom. The maximum Gasteiger partial charge on any atom is 0.404 e. The Hall–Kier alpha value is -5.02. The van der Waals surface area contributed by atoms with Crippen molar-refractivity contribution in [3.63, 3.8) is 0 Å². The number of hydrogen-bond donors (Lipinski definition) is 9. The molecule has 0 bridgehead atoms. The highest BCUT2D eigenvalue weighted by molar-refractivity contribution is 5.97. The molecule has 5 amide bonds. The maximum absolute atomic E-state index is 13.7. The Morgan fingerprint density at radius 2 is 1.45 bits per heavy atom. The van der Waals surface area contributed by atoms with Crippen LogP contribution in [0, 0.1) is 11.8 Å².